The Hall–Kier alpha value is -3.77. The molecule has 3 aromatic rings. The number of likely N-dealkylation sites (tertiary alicyclic amines) is 1. The van der Waals surface area contributed by atoms with Crippen molar-refractivity contribution in [1.29, 1.82) is 0 Å². The molecule has 0 spiro atoms. The zero-order valence-corrected chi connectivity index (χ0v) is 24.6. The van der Waals surface area contributed by atoms with Crippen molar-refractivity contribution in [2.75, 3.05) is 76.4 Å². The summed E-state index contributed by atoms with van der Waals surface area (Å²) in [5, 5.41) is 6.01. The monoisotopic (exact) mass is 601 g/mol. The van der Waals surface area contributed by atoms with Gasteiger partial charge in [-0.1, -0.05) is 0 Å². The van der Waals surface area contributed by atoms with E-state index in [1.54, 1.807) is 19.1 Å². The standard InChI is InChI=1S/C31H38F3N5O4/c1-3-42-30(40)27-28(31(32,33)34)23-20-22(43-18-6-15-38-13-4-5-14-38)8-10-24(23)36-29(27)37-25-9-7-21(19-26(25)41-2)39-16-11-35-12-17-39/h7-10,19-20,35H,3-6,11-18H2,1-2H3,(H,36,37). The number of nitrogens with one attached hydrogen (secondary N) is 2. The number of carbonyl (C=O) groups excluding carboxylic acids is 1. The van der Waals surface area contributed by atoms with Crippen molar-refractivity contribution in [3.63, 3.8) is 0 Å². The molecule has 2 aromatic carbocycles. The van der Waals surface area contributed by atoms with Crippen LogP contribution in [-0.4, -0.2) is 82.0 Å². The van der Waals surface area contributed by atoms with Crippen LogP contribution in [0, 0.1) is 0 Å². The summed E-state index contributed by atoms with van der Waals surface area (Å²) < 4.78 is 60.8. The number of benzene rings is 2. The fourth-order valence-electron chi connectivity index (χ4n) is 5.63. The summed E-state index contributed by atoms with van der Waals surface area (Å²) in [5.41, 5.74) is -0.475. The number of aromatic nitrogens is 1. The van der Waals surface area contributed by atoms with E-state index in [1.807, 2.05) is 12.1 Å². The van der Waals surface area contributed by atoms with Crippen molar-refractivity contribution < 1.29 is 32.2 Å². The largest absolute Gasteiger partial charge is 0.494 e. The van der Waals surface area contributed by atoms with Gasteiger partial charge >= 0.3 is 12.1 Å². The lowest BCUT2D eigenvalue weighted by Crippen LogP contribution is -2.43. The molecule has 5 rings (SSSR count). The Labute approximate surface area is 249 Å². The first-order valence-corrected chi connectivity index (χ1v) is 14.8. The van der Waals surface area contributed by atoms with Crippen LogP contribution < -0.4 is 25.0 Å². The Bertz CT molecular complexity index is 1420. The number of fused-ring (bicyclic) bond motifs is 1. The molecule has 2 fully saturated rings. The molecule has 2 aliphatic rings. The molecule has 43 heavy (non-hydrogen) atoms. The van der Waals surface area contributed by atoms with Gasteiger partial charge in [-0.2, -0.15) is 13.2 Å². The molecule has 0 saturated carbocycles. The van der Waals surface area contributed by atoms with Crippen LogP contribution in [0.15, 0.2) is 36.4 Å². The first-order valence-electron chi connectivity index (χ1n) is 14.8. The summed E-state index contributed by atoms with van der Waals surface area (Å²) in [6.07, 6.45) is -1.75. The number of hydrogen-bond donors (Lipinski definition) is 2. The highest BCUT2D eigenvalue weighted by atomic mass is 19.4. The van der Waals surface area contributed by atoms with Gasteiger partial charge in [0.25, 0.3) is 0 Å². The summed E-state index contributed by atoms with van der Waals surface area (Å²) in [6, 6.07) is 9.77. The molecular weight excluding hydrogens is 563 g/mol. The van der Waals surface area contributed by atoms with Crippen LogP contribution in [0.2, 0.25) is 0 Å². The van der Waals surface area contributed by atoms with E-state index < -0.39 is 23.3 Å². The quantitative estimate of drug-likeness (QED) is 0.220. The van der Waals surface area contributed by atoms with Crippen molar-refractivity contribution in [3.8, 4) is 11.5 Å². The Morgan fingerprint density at radius 2 is 1.84 bits per heavy atom. The molecule has 1 aromatic heterocycles. The highest BCUT2D eigenvalue weighted by Gasteiger charge is 2.40. The van der Waals surface area contributed by atoms with Crippen molar-refractivity contribution >= 4 is 34.1 Å². The Morgan fingerprint density at radius 1 is 1.07 bits per heavy atom. The van der Waals surface area contributed by atoms with Gasteiger partial charge in [0.15, 0.2) is 0 Å². The minimum absolute atomic E-state index is 0.0590. The maximum atomic E-state index is 14.8. The van der Waals surface area contributed by atoms with Crippen molar-refractivity contribution in [1.82, 2.24) is 15.2 Å². The number of ether oxygens (including phenoxy) is 3. The van der Waals surface area contributed by atoms with E-state index in [0.717, 1.165) is 57.9 Å². The van der Waals surface area contributed by atoms with E-state index in [1.165, 1.54) is 32.1 Å². The molecule has 0 atom stereocenters. The van der Waals surface area contributed by atoms with Gasteiger partial charge in [-0.05, 0) is 69.6 Å². The summed E-state index contributed by atoms with van der Waals surface area (Å²) in [4.78, 5) is 22.1. The second kappa shape index (κ2) is 13.7. The first kappa shape index (κ1) is 30.7. The van der Waals surface area contributed by atoms with Crippen LogP contribution in [-0.2, 0) is 10.9 Å². The zero-order chi connectivity index (χ0) is 30.4. The molecule has 0 aliphatic carbocycles. The van der Waals surface area contributed by atoms with Crippen LogP contribution in [0.25, 0.3) is 10.9 Å². The maximum absolute atomic E-state index is 14.8. The molecular formula is C31H38F3N5O4. The van der Waals surface area contributed by atoms with E-state index >= 15 is 0 Å². The van der Waals surface area contributed by atoms with Crippen molar-refractivity contribution in [2.45, 2.75) is 32.4 Å². The number of rotatable bonds is 11. The number of anilines is 3. The molecule has 2 saturated heterocycles. The molecule has 3 heterocycles. The zero-order valence-electron chi connectivity index (χ0n) is 24.6. The third-order valence-corrected chi connectivity index (χ3v) is 7.73. The number of alkyl halides is 3. The van der Waals surface area contributed by atoms with Crippen LogP contribution >= 0.6 is 0 Å². The molecule has 0 bridgehead atoms. The number of pyridine rings is 1. The summed E-state index contributed by atoms with van der Waals surface area (Å²) in [7, 11) is 1.48. The van der Waals surface area contributed by atoms with Crippen LogP contribution in [0.5, 0.6) is 11.5 Å². The average molecular weight is 602 g/mol. The number of nitrogens with zero attached hydrogens (tertiary/aromatic N) is 3. The lowest BCUT2D eigenvalue weighted by atomic mass is 10.0. The van der Waals surface area contributed by atoms with Crippen LogP contribution in [0.4, 0.5) is 30.4 Å². The Balaban J connectivity index is 1.50. The van der Waals surface area contributed by atoms with Gasteiger partial charge in [-0.25, -0.2) is 9.78 Å². The number of carbonyl (C=O) groups is 1. The number of esters is 1. The molecule has 0 unspecified atom stereocenters. The fraction of sp³-hybridized carbons (Fsp3) is 0.484. The smallest absolute Gasteiger partial charge is 0.418 e. The molecule has 0 radical (unpaired) electrons. The van der Waals surface area contributed by atoms with E-state index in [-0.39, 0.29) is 29.1 Å². The lowest BCUT2D eigenvalue weighted by molar-refractivity contribution is -0.136. The number of piperazine rings is 1. The van der Waals surface area contributed by atoms with Crippen LogP contribution in [0.1, 0.15) is 42.1 Å². The van der Waals surface area contributed by atoms with E-state index in [2.05, 4.69) is 25.4 Å². The van der Waals surface area contributed by atoms with Gasteiger partial charge in [0.05, 0.1) is 37.1 Å². The van der Waals surface area contributed by atoms with Gasteiger partial charge in [0.1, 0.15) is 22.9 Å². The molecule has 2 N–H and O–H groups in total. The van der Waals surface area contributed by atoms with Crippen LogP contribution in [0.3, 0.4) is 0 Å². The van der Waals surface area contributed by atoms with E-state index in [9.17, 15) is 18.0 Å². The van der Waals surface area contributed by atoms with Gasteiger partial charge < -0.3 is 34.6 Å². The number of methoxy groups -OCH3 is 1. The highest BCUT2D eigenvalue weighted by molar-refractivity contribution is 6.03. The van der Waals surface area contributed by atoms with Gasteiger partial charge in [-0.3, -0.25) is 0 Å². The van der Waals surface area contributed by atoms with Gasteiger partial charge in [-0.15, -0.1) is 0 Å². The third kappa shape index (κ3) is 7.24. The summed E-state index contributed by atoms with van der Waals surface area (Å²) in [5.74, 6) is -0.716. The minimum Gasteiger partial charge on any atom is -0.494 e. The normalized spacial score (nSPS) is 16.0. The van der Waals surface area contributed by atoms with Crippen molar-refractivity contribution in [3.05, 3.63) is 47.5 Å². The number of hydrogen-bond acceptors (Lipinski definition) is 9. The molecule has 12 heteroatoms. The second-order valence-electron chi connectivity index (χ2n) is 10.6. The molecule has 2 aliphatic heterocycles. The number of halogens is 3. The maximum Gasteiger partial charge on any atom is 0.418 e. The fourth-order valence-corrected chi connectivity index (χ4v) is 5.63. The molecule has 9 nitrogen and oxygen atoms in total. The van der Waals surface area contributed by atoms with E-state index in [0.29, 0.717) is 18.0 Å². The predicted molar refractivity (Wildman–Crippen MR) is 160 cm³/mol. The second-order valence-corrected chi connectivity index (χ2v) is 10.6. The lowest BCUT2D eigenvalue weighted by Gasteiger charge is -2.30. The predicted octanol–water partition coefficient (Wildman–Crippen LogP) is 5.46. The Kier molecular flexibility index (Phi) is 9.76. The third-order valence-electron chi connectivity index (χ3n) is 7.73. The molecule has 232 valence electrons. The topological polar surface area (TPSA) is 88.2 Å². The Morgan fingerprint density at radius 3 is 2.53 bits per heavy atom. The minimum atomic E-state index is -4.88. The average Bonchev–Trinajstić information content (AvgIpc) is 3.52. The van der Waals surface area contributed by atoms with Gasteiger partial charge in [0, 0.05) is 49.9 Å². The highest BCUT2D eigenvalue weighted by Crippen LogP contribution is 2.42. The van der Waals surface area contributed by atoms with E-state index in [4.69, 9.17) is 14.2 Å². The summed E-state index contributed by atoms with van der Waals surface area (Å²) in [6.45, 7) is 8.13. The SMILES string of the molecule is CCOC(=O)c1c(Nc2ccc(N3CCNCC3)cc2OC)nc2ccc(OCCCN3CCCC3)cc2c1C(F)(F)F. The van der Waals surface area contributed by atoms with Crippen molar-refractivity contribution in [2.24, 2.45) is 0 Å². The first-order chi connectivity index (χ1) is 20.8. The summed E-state index contributed by atoms with van der Waals surface area (Å²) >= 11 is 0. The van der Waals surface area contributed by atoms with Gasteiger partial charge in [0.2, 0.25) is 0 Å². The molecule has 0 amide bonds.